The molecular weight excluding hydrogens is 580 g/mol. The fraction of sp³-hybridized carbons (Fsp3) is 0.382. The normalized spacial score (nSPS) is 14.8. The molecule has 2 heterocycles. The minimum Gasteiger partial charge on any atom is -0.493 e. The summed E-state index contributed by atoms with van der Waals surface area (Å²) in [5.74, 6) is 1.69. The number of aromatic amines is 1. The van der Waals surface area contributed by atoms with Gasteiger partial charge in [0, 0.05) is 36.0 Å². The molecule has 0 radical (unpaired) electrons. The number of hydrogen-bond acceptors (Lipinski definition) is 7. The number of H-pyrrole nitrogens is 1. The number of Topliss-reactive ketones (excluding diaryl/α,β-unsaturated/α-hetero) is 1. The van der Waals surface area contributed by atoms with Gasteiger partial charge in [-0.25, -0.2) is 4.98 Å². The Kier molecular flexibility index (Phi) is 10.1. The molecule has 10 heteroatoms. The van der Waals surface area contributed by atoms with Crippen LogP contribution < -0.4 is 14.2 Å². The summed E-state index contributed by atoms with van der Waals surface area (Å²) < 4.78 is 16.3. The topological polar surface area (TPSA) is 97.0 Å². The molecule has 9 nitrogen and oxygen atoms in total. The molecular formula is C34H39ClN4O5. The molecule has 1 unspecified atom stereocenters. The van der Waals surface area contributed by atoms with Gasteiger partial charge in [-0.05, 0) is 80.9 Å². The number of nitrogens with zero attached hydrogens (tertiary/aromatic N) is 3. The zero-order valence-electron chi connectivity index (χ0n) is 25.6. The lowest BCUT2D eigenvalue weighted by molar-refractivity contribution is 0.0779. The summed E-state index contributed by atoms with van der Waals surface area (Å²) in [6, 6.07) is 18.9. The van der Waals surface area contributed by atoms with Crippen LogP contribution in [0.4, 0.5) is 0 Å². The van der Waals surface area contributed by atoms with E-state index in [1.54, 1.807) is 24.1 Å². The molecule has 44 heavy (non-hydrogen) atoms. The number of para-hydroxylation sites is 2. The number of piperidine rings is 1. The number of aromatic nitrogens is 2. The van der Waals surface area contributed by atoms with Crippen molar-refractivity contribution in [2.45, 2.75) is 25.2 Å². The Morgan fingerprint density at radius 3 is 2.34 bits per heavy atom. The largest absolute Gasteiger partial charge is 0.493 e. The molecule has 0 aliphatic carbocycles. The first-order valence-electron chi connectivity index (χ1n) is 14.8. The number of nitrogens with one attached hydrogen (secondary N) is 1. The van der Waals surface area contributed by atoms with Crippen molar-refractivity contribution < 1.29 is 23.8 Å². The van der Waals surface area contributed by atoms with Crippen molar-refractivity contribution in [1.29, 1.82) is 0 Å². The molecule has 0 bridgehead atoms. The molecule has 0 saturated carbocycles. The number of halogens is 1. The van der Waals surface area contributed by atoms with Crippen LogP contribution in [-0.2, 0) is 0 Å². The van der Waals surface area contributed by atoms with Gasteiger partial charge in [-0.2, -0.15) is 0 Å². The van der Waals surface area contributed by atoms with Gasteiger partial charge in [0.2, 0.25) is 11.5 Å². The zero-order valence-corrected chi connectivity index (χ0v) is 26.4. The van der Waals surface area contributed by atoms with E-state index < -0.39 is 0 Å². The molecule has 1 amide bonds. The highest BCUT2D eigenvalue weighted by Gasteiger charge is 2.29. The van der Waals surface area contributed by atoms with Crippen LogP contribution in [0.3, 0.4) is 0 Å². The third-order valence-corrected chi connectivity index (χ3v) is 8.68. The van der Waals surface area contributed by atoms with Crippen molar-refractivity contribution in [2.24, 2.45) is 5.92 Å². The van der Waals surface area contributed by atoms with Gasteiger partial charge in [-0.15, -0.1) is 0 Å². The van der Waals surface area contributed by atoms with Gasteiger partial charge < -0.3 is 29.0 Å². The molecule has 3 aromatic carbocycles. The third kappa shape index (κ3) is 7.00. The smallest absolute Gasteiger partial charge is 0.253 e. The molecule has 1 saturated heterocycles. The number of benzene rings is 3. The number of ether oxygens (including phenoxy) is 3. The summed E-state index contributed by atoms with van der Waals surface area (Å²) in [6.45, 7) is 3.00. The van der Waals surface area contributed by atoms with Gasteiger partial charge in [0.25, 0.3) is 5.91 Å². The number of carbonyl (C=O) groups excluding carboxylic acids is 2. The van der Waals surface area contributed by atoms with Gasteiger partial charge in [0.1, 0.15) is 0 Å². The first-order chi connectivity index (χ1) is 21.3. The summed E-state index contributed by atoms with van der Waals surface area (Å²) in [7, 11) is 6.40. The average molecular weight is 619 g/mol. The van der Waals surface area contributed by atoms with Crippen molar-refractivity contribution in [1.82, 2.24) is 19.8 Å². The number of carbonyl (C=O) groups is 2. The zero-order chi connectivity index (χ0) is 31.2. The van der Waals surface area contributed by atoms with Crippen molar-refractivity contribution >= 4 is 34.3 Å². The summed E-state index contributed by atoms with van der Waals surface area (Å²) in [6.07, 6.45) is 2.41. The van der Waals surface area contributed by atoms with E-state index in [1.165, 1.54) is 21.3 Å². The Morgan fingerprint density at radius 1 is 1.00 bits per heavy atom. The number of amides is 1. The molecule has 1 atom stereocenters. The van der Waals surface area contributed by atoms with E-state index in [1.807, 2.05) is 42.5 Å². The molecule has 1 N–H and O–H groups in total. The summed E-state index contributed by atoms with van der Waals surface area (Å²) in [5, 5.41) is 0.663. The highest BCUT2D eigenvalue weighted by Crippen LogP contribution is 2.38. The summed E-state index contributed by atoms with van der Waals surface area (Å²) in [4.78, 5) is 38.6. The standard InChI is InChI=1S/C34H39ClN4O5/c1-38(34(41)25-19-29(42-2)32(44-4)30(20-25)43-3)21-24(23-8-7-9-26(35)18-23)14-17-39-15-12-22(13-16-39)31(40)33-36-27-10-5-6-11-28(27)37-33/h5-11,18-20,22,24H,12-17,21H2,1-4H3,(H,36,37). The van der Waals surface area contributed by atoms with Crippen LogP contribution in [0, 0.1) is 5.92 Å². The number of likely N-dealkylation sites (tertiary alicyclic amines) is 1. The highest BCUT2D eigenvalue weighted by molar-refractivity contribution is 6.30. The third-order valence-electron chi connectivity index (χ3n) is 8.45. The Bertz CT molecular complexity index is 1560. The van der Waals surface area contributed by atoms with Crippen LogP contribution in [0.15, 0.2) is 60.7 Å². The van der Waals surface area contributed by atoms with Gasteiger partial charge in [-0.3, -0.25) is 9.59 Å². The predicted molar refractivity (Wildman–Crippen MR) is 171 cm³/mol. The quantitative estimate of drug-likeness (QED) is 0.192. The van der Waals surface area contributed by atoms with Crippen LogP contribution in [0.25, 0.3) is 11.0 Å². The van der Waals surface area contributed by atoms with E-state index in [0.29, 0.717) is 40.2 Å². The second-order valence-electron chi connectivity index (χ2n) is 11.2. The van der Waals surface area contributed by atoms with E-state index in [2.05, 4.69) is 20.9 Å². The van der Waals surface area contributed by atoms with Gasteiger partial charge >= 0.3 is 0 Å². The molecule has 0 spiro atoms. The fourth-order valence-corrected chi connectivity index (χ4v) is 6.18. The first-order valence-corrected chi connectivity index (χ1v) is 15.2. The van der Waals surface area contributed by atoms with Gasteiger partial charge in [-0.1, -0.05) is 35.9 Å². The first kappa shape index (κ1) is 31.3. The lowest BCUT2D eigenvalue weighted by atomic mass is 9.90. The number of fused-ring (bicyclic) bond motifs is 1. The van der Waals surface area contributed by atoms with Crippen LogP contribution >= 0.6 is 11.6 Å². The van der Waals surface area contributed by atoms with Gasteiger partial charge in [0.15, 0.2) is 17.3 Å². The van der Waals surface area contributed by atoms with Crippen LogP contribution in [0.5, 0.6) is 17.2 Å². The molecule has 232 valence electrons. The lowest BCUT2D eigenvalue weighted by Crippen LogP contribution is -2.38. The Hall–Kier alpha value is -4.08. The van der Waals surface area contributed by atoms with E-state index in [0.717, 1.165) is 55.5 Å². The van der Waals surface area contributed by atoms with Crippen molar-refractivity contribution in [3.63, 3.8) is 0 Å². The molecule has 5 rings (SSSR count). The lowest BCUT2D eigenvalue weighted by Gasteiger charge is -2.33. The minimum absolute atomic E-state index is 0.0437. The predicted octanol–water partition coefficient (Wildman–Crippen LogP) is 6.08. The maximum absolute atomic E-state index is 13.6. The average Bonchev–Trinajstić information content (AvgIpc) is 3.50. The Morgan fingerprint density at radius 2 is 1.70 bits per heavy atom. The molecule has 1 fully saturated rings. The minimum atomic E-state index is -0.152. The molecule has 4 aromatic rings. The molecule has 1 aromatic heterocycles. The van der Waals surface area contributed by atoms with Crippen molar-refractivity contribution in [3.8, 4) is 17.2 Å². The monoisotopic (exact) mass is 618 g/mol. The van der Waals surface area contributed by atoms with E-state index in [4.69, 9.17) is 25.8 Å². The molecule has 1 aliphatic heterocycles. The maximum atomic E-state index is 13.6. The van der Waals surface area contributed by atoms with Crippen molar-refractivity contribution in [3.05, 3.63) is 82.6 Å². The Labute approximate surface area is 263 Å². The number of rotatable bonds is 12. The van der Waals surface area contributed by atoms with Crippen LogP contribution in [0.1, 0.15) is 51.7 Å². The second kappa shape index (κ2) is 14.1. The number of imidazole rings is 1. The van der Waals surface area contributed by atoms with Crippen LogP contribution in [0.2, 0.25) is 5.02 Å². The summed E-state index contributed by atoms with van der Waals surface area (Å²) >= 11 is 6.38. The fourth-order valence-electron chi connectivity index (χ4n) is 5.98. The van der Waals surface area contributed by atoms with E-state index in [-0.39, 0.29) is 23.5 Å². The van der Waals surface area contributed by atoms with E-state index >= 15 is 0 Å². The summed E-state index contributed by atoms with van der Waals surface area (Å²) in [5.41, 5.74) is 3.23. The maximum Gasteiger partial charge on any atom is 0.253 e. The Balaban J connectivity index is 1.23. The SMILES string of the molecule is COc1cc(C(=O)N(C)CC(CCN2CCC(C(=O)c3nc4ccccc4[nH]3)CC2)c2cccc(Cl)c2)cc(OC)c1OC. The number of ketones is 1. The van der Waals surface area contributed by atoms with Gasteiger partial charge in [0.05, 0.1) is 32.4 Å². The number of hydrogen-bond donors (Lipinski definition) is 1. The van der Waals surface area contributed by atoms with Crippen LogP contribution in [-0.4, -0.2) is 86.0 Å². The number of likely N-dealkylation sites (N-methyl/N-ethyl adjacent to an activating group) is 1. The number of methoxy groups -OCH3 is 3. The highest BCUT2D eigenvalue weighted by atomic mass is 35.5. The van der Waals surface area contributed by atoms with E-state index in [9.17, 15) is 9.59 Å². The second-order valence-corrected chi connectivity index (χ2v) is 11.7. The molecule has 1 aliphatic rings. The van der Waals surface area contributed by atoms with Crippen molar-refractivity contribution in [2.75, 3.05) is 54.6 Å².